The van der Waals surface area contributed by atoms with Crippen LogP contribution in [0.4, 0.5) is 8.78 Å². The van der Waals surface area contributed by atoms with Crippen molar-refractivity contribution in [1.29, 1.82) is 0 Å². The van der Waals surface area contributed by atoms with E-state index in [-0.39, 0.29) is 11.8 Å². The van der Waals surface area contributed by atoms with Crippen LogP contribution in [-0.2, 0) is 4.84 Å². The largest absolute Gasteiger partial charge is 0.435 e. The molecule has 1 aromatic carbocycles. The topological polar surface area (TPSA) is 30.5 Å². The molecule has 0 radical (unpaired) electrons. The van der Waals surface area contributed by atoms with Crippen LogP contribution in [0.15, 0.2) is 24.3 Å². The zero-order valence-corrected chi connectivity index (χ0v) is 8.54. The molecule has 1 N–H and O–H groups in total. The number of rotatable bonds is 5. The number of alkyl halides is 2. The van der Waals surface area contributed by atoms with E-state index >= 15 is 0 Å². The Bertz CT molecular complexity index is 307. The molecule has 0 spiro atoms. The highest BCUT2D eigenvalue weighted by Gasteiger charge is 2.08. The fraction of sp³-hybridized carbons (Fsp3) is 0.400. The SMILES string of the molecule is CONC(C)c1cccc(OC(F)F)c1. The van der Waals surface area contributed by atoms with Crippen LogP contribution < -0.4 is 10.2 Å². The van der Waals surface area contributed by atoms with Crippen LogP contribution >= 0.6 is 0 Å². The van der Waals surface area contributed by atoms with Gasteiger partial charge >= 0.3 is 6.61 Å². The van der Waals surface area contributed by atoms with Gasteiger partial charge in [0.2, 0.25) is 0 Å². The Balaban J connectivity index is 2.73. The lowest BCUT2D eigenvalue weighted by Crippen LogP contribution is -2.16. The van der Waals surface area contributed by atoms with E-state index in [4.69, 9.17) is 4.84 Å². The third kappa shape index (κ3) is 3.81. The zero-order valence-electron chi connectivity index (χ0n) is 8.54. The number of hydrogen-bond acceptors (Lipinski definition) is 3. The van der Waals surface area contributed by atoms with Gasteiger partial charge in [0.05, 0.1) is 13.2 Å². The summed E-state index contributed by atoms with van der Waals surface area (Å²) in [5, 5.41) is 0. The third-order valence-corrected chi connectivity index (χ3v) is 1.88. The summed E-state index contributed by atoms with van der Waals surface area (Å²) in [5.41, 5.74) is 3.51. The molecule has 0 amide bonds. The lowest BCUT2D eigenvalue weighted by molar-refractivity contribution is -0.0499. The summed E-state index contributed by atoms with van der Waals surface area (Å²) < 4.78 is 28.2. The summed E-state index contributed by atoms with van der Waals surface area (Å²) in [7, 11) is 1.50. The molecule has 0 fully saturated rings. The molecule has 0 heterocycles. The van der Waals surface area contributed by atoms with Crippen molar-refractivity contribution < 1.29 is 18.4 Å². The molecule has 0 aliphatic rings. The maximum Gasteiger partial charge on any atom is 0.387 e. The molecule has 0 aromatic heterocycles. The Hall–Kier alpha value is -1.20. The molecular formula is C10H13F2NO2. The fourth-order valence-corrected chi connectivity index (χ4v) is 1.20. The molecule has 0 aliphatic carbocycles. The molecule has 1 atom stereocenters. The van der Waals surface area contributed by atoms with Gasteiger partial charge in [0, 0.05) is 0 Å². The van der Waals surface area contributed by atoms with Gasteiger partial charge in [-0.2, -0.15) is 14.3 Å². The first-order valence-corrected chi connectivity index (χ1v) is 4.46. The molecule has 0 aliphatic heterocycles. The molecule has 84 valence electrons. The van der Waals surface area contributed by atoms with Gasteiger partial charge in [-0.05, 0) is 24.6 Å². The van der Waals surface area contributed by atoms with Crippen molar-refractivity contribution >= 4 is 0 Å². The van der Waals surface area contributed by atoms with E-state index in [2.05, 4.69) is 10.2 Å². The summed E-state index contributed by atoms with van der Waals surface area (Å²) >= 11 is 0. The second-order valence-corrected chi connectivity index (χ2v) is 2.99. The Labute approximate surface area is 87.0 Å². The third-order valence-electron chi connectivity index (χ3n) is 1.88. The van der Waals surface area contributed by atoms with Gasteiger partial charge < -0.3 is 9.57 Å². The smallest absolute Gasteiger partial charge is 0.387 e. The van der Waals surface area contributed by atoms with Gasteiger partial charge in [-0.3, -0.25) is 0 Å². The zero-order chi connectivity index (χ0) is 11.3. The van der Waals surface area contributed by atoms with Gasteiger partial charge in [0.1, 0.15) is 5.75 Å². The number of hydrogen-bond donors (Lipinski definition) is 1. The standard InChI is InChI=1S/C10H13F2NO2/c1-7(13-14-2)8-4-3-5-9(6-8)15-10(11)12/h3-7,10,13H,1-2H3. The number of ether oxygens (including phenoxy) is 1. The molecule has 1 rings (SSSR count). The maximum atomic E-state index is 11.9. The minimum Gasteiger partial charge on any atom is -0.435 e. The van der Waals surface area contributed by atoms with Crippen molar-refractivity contribution in [3.63, 3.8) is 0 Å². The highest BCUT2D eigenvalue weighted by Crippen LogP contribution is 2.20. The van der Waals surface area contributed by atoms with E-state index < -0.39 is 6.61 Å². The average molecular weight is 217 g/mol. The van der Waals surface area contributed by atoms with Crippen molar-refractivity contribution in [2.75, 3.05) is 7.11 Å². The first-order chi connectivity index (χ1) is 7.13. The van der Waals surface area contributed by atoms with Crippen LogP contribution in [0.3, 0.4) is 0 Å². The van der Waals surface area contributed by atoms with Crippen molar-refractivity contribution in [2.45, 2.75) is 19.6 Å². The molecule has 15 heavy (non-hydrogen) atoms. The van der Waals surface area contributed by atoms with Crippen LogP contribution in [0.2, 0.25) is 0 Å². The summed E-state index contributed by atoms with van der Waals surface area (Å²) in [6.45, 7) is -0.948. The number of halogens is 2. The second kappa shape index (κ2) is 5.63. The normalized spacial score (nSPS) is 12.9. The summed E-state index contributed by atoms with van der Waals surface area (Å²) in [4.78, 5) is 4.74. The predicted molar refractivity (Wildman–Crippen MR) is 51.6 cm³/mol. The van der Waals surface area contributed by atoms with Gasteiger partial charge in [-0.15, -0.1) is 0 Å². The Morgan fingerprint density at radius 3 is 2.67 bits per heavy atom. The summed E-state index contributed by atoms with van der Waals surface area (Å²) in [6.07, 6.45) is 0. The lowest BCUT2D eigenvalue weighted by atomic mass is 10.1. The molecule has 1 aromatic rings. The Morgan fingerprint density at radius 2 is 2.07 bits per heavy atom. The predicted octanol–water partition coefficient (Wildman–Crippen LogP) is 2.50. The molecule has 0 saturated heterocycles. The van der Waals surface area contributed by atoms with E-state index in [1.807, 2.05) is 6.92 Å². The van der Waals surface area contributed by atoms with E-state index in [1.165, 1.54) is 13.2 Å². The van der Waals surface area contributed by atoms with Crippen LogP contribution in [0.25, 0.3) is 0 Å². The molecule has 0 saturated carbocycles. The van der Waals surface area contributed by atoms with E-state index in [9.17, 15) is 8.78 Å². The highest BCUT2D eigenvalue weighted by atomic mass is 19.3. The molecule has 0 bridgehead atoms. The van der Waals surface area contributed by atoms with Gasteiger partial charge in [-0.1, -0.05) is 12.1 Å². The number of hydroxylamine groups is 1. The maximum absolute atomic E-state index is 11.9. The minimum absolute atomic E-state index is 0.0868. The van der Waals surface area contributed by atoms with Gasteiger partial charge in [-0.25, -0.2) is 0 Å². The molecular weight excluding hydrogens is 204 g/mol. The van der Waals surface area contributed by atoms with Gasteiger partial charge in [0.25, 0.3) is 0 Å². The van der Waals surface area contributed by atoms with Crippen LogP contribution in [0, 0.1) is 0 Å². The molecule has 5 heteroatoms. The van der Waals surface area contributed by atoms with Crippen molar-refractivity contribution in [3.05, 3.63) is 29.8 Å². The fourth-order valence-electron chi connectivity index (χ4n) is 1.20. The Kier molecular flexibility index (Phi) is 4.45. The Morgan fingerprint density at radius 1 is 1.33 bits per heavy atom. The summed E-state index contributed by atoms with van der Waals surface area (Å²) in [5.74, 6) is 0.146. The van der Waals surface area contributed by atoms with Crippen molar-refractivity contribution in [1.82, 2.24) is 5.48 Å². The first-order valence-electron chi connectivity index (χ1n) is 4.46. The number of benzene rings is 1. The van der Waals surface area contributed by atoms with Crippen LogP contribution in [0.5, 0.6) is 5.75 Å². The highest BCUT2D eigenvalue weighted by molar-refractivity contribution is 5.30. The van der Waals surface area contributed by atoms with Crippen molar-refractivity contribution in [3.8, 4) is 5.75 Å². The molecule has 3 nitrogen and oxygen atoms in total. The van der Waals surface area contributed by atoms with E-state index in [1.54, 1.807) is 18.2 Å². The second-order valence-electron chi connectivity index (χ2n) is 2.99. The van der Waals surface area contributed by atoms with Gasteiger partial charge in [0.15, 0.2) is 0 Å². The quantitative estimate of drug-likeness (QED) is 0.768. The van der Waals surface area contributed by atoms with Crippen LogP contribution in [0.1, 0.15) is 18.5 Å². The average Bonchev–Trinajstić information content (AvgIpc) is 2.17. The van der Waals surface area contributed by atoms with E-state index in [0.717, 1.165) is 5.56 Å². The minimum atomic E-state index is -2.80. The lowest BCUT2D eigenvalue weighted by Gasteiger charge is -2.13. The van der Waals surface area contributed by atoms with Crippen LogP contribution in [-0.4, -0.2) is 13.7 Å². The monoisotopic (exact) mass is 217 g/mol. The molecule has 1 unspecified atom stereocenters. The first kappa shape index (κ1) is 11.9. The summed E-state index contributed by atoms with van der Waals surface area (Å²) in [6, 6.07) is 6.39. The van der Waals surface area contributed by atoms with E-state index in [0.29, 0.717) is 0 Å². The van der Waals surface area contributed by atoms with Crippen molar-refractivity contribution in [2.24, 2.45) is 0 Å². The number of nitrogens with one attached hydrogen (secondary N) is 1.